The van der Waals surface area contributed by atoms with Crippen LogP contribution in [-0.2, 0) is 9.31 Å². The molecule has 6 aromatic rings. The van der Waals surface area contributed by atoms with Gasteiger partial charge in [-0.25, -0.2) is 29.9 Å². The molecule has 1 aliphatic rings. The molecule has 4 N–H and O–H groups in total. The highest BCUT2D eigenvalue weighted by Crippen LogP contribution is 2.36. The molecule has 14 heteroatoms. The Morgan fingerprint density at radius 3 is 1.90 bits per heavy atom. The van der Waals surface area contributed by atoms with Crippen molar-refractivity contribution >= 4 is 51.7 Å². The molecule has 0 spiro atoms. The Hall–Kier alpha value is -4.40. The number of anilines is 2. The molecule has 12 nitrogen and oxygen atoms in total. The van der Waals surface area contributed by atoms with E-state index in [2.05, 4.69) is 45.8 Å². The topological polar surface area (TPSA) is 157 Å². The molecule has 42 heavy (non-hydrogen) atoms. The smallest absolute Gasteiger partial charge is 0.399 e. The van der Waals surface area contributed by atoms with Gasteiger partial charge < -0.3 is 20.8 Å². The Balaban J connectivity index is 0.000000130. The molecule has 214 valence electrons. The first-order valence-corrected chi connectivity index (χ1v) is 13.8. The molecule has 1 fully saturated rings. The van der Waals surface area contributed by atoms with Crippen LogP contribution in [0.5, 0.6) is 0 Å². The molecule has 0 saturated carbocycles. The molecule has 6 aromatic heterocycles. The van der Waals surface area contributed by atoms with Gasteiger partial charge in [0.15, 0.2) is 0 Å². The molecule has 0 atom stereocenters. The second-order valence-corrected chi connectivity index (χ2v) is 11.2. The van der Waals surface area contributed by atoms with Crippen molar-refractivity contribution in [3.05, 3.63) is 90.6 Å². The summed E-state index contributed by atoms with van der Waals surface area (Å²) in [6.07, 6.45) is 14.1. The van der Waals surface area contributed by atoms with Gasteiger partial charge in [0.1, 0.15) is 16.2 Å². The number of halogens is 1. The lowest BCUT2D eigenvalue weighted by molar-refractivity contribution is 0.00578. The molecule has 1 aliphatic heterocycles. The van der Waals surface area contributed by atoms with E-state index in [1.54, 1.807) is 43.2 Å². The van der Waals surface area contributed by atoms with Crippen molar-refractivity contribution in [2.24, 2.45) is 0 Å². The number of nitrogen functional groups attached to an aromatic ring is 2. The van der Waals surface area contributed by atoms with Crippen molar-refractivity contribution in [1.29, 1.82) is 0 Å². The molecule has 7 heterocycles. The number of nitrogens with zero attached hydrogens (tertiary/aromatic N) is 8. The lowest BCUT2D eigenvalue weighted by Gasteiger charge is -2.32. The fourth-order valence-corrected chi connectivity index (χ4v) is 4.42. The molecule has 0 amide bonds. The molecule has 0 aliphatic carbocycles. The van der Waals surface area contributed by atoms with Crippen LogP contribution < -0.4 is 16.9 Å². The third-order valence-corrected chi connectivity index (χ3v) is 7.53. The largest absolute Gasteiger partial charge is 0.495 e. The van der Waals surface area contributed by atoms with Crippen LogP contribution in [0.15, 0.2) is 90.6 Å². The van der Waals surface area contributed by atoms with Crippen molar-refractivity contribution in [1.82, 2.24) is 38.7 Å². The van der Waals surface area contributed by atoms with Gasteiger partial charge in [0.25, 0.3) is 0 Å². The van der Waals surface area contributed by atoms with Gasteiger partial charge in [0.2, 0.25) is 11.6 Å². The summed E-state index contributed by atoms with van der Waals surface area (Å²) in [5.74, 6) is 2.37. The Morgan fingerprint density at radius 1 is 0.714 bits per heavy atom. The average Bonchev–Trinajstić information content (AvgIpc) is 3.63. The van der Waals surface area contributed by atoms with Crippen LogP contribution in [0.25, 0.3) is 22.8 Å². The van der Waals surface area contributed by atoms with Crippen molar-refractivity contribution < 1.29 is 9.31 Å². The molecular weight excluding hydrogens is 599 g/mol. The van der Waals surface area contributed by atoms with Crippen LogP contribution in [0.3, 0.4) is 0 Å². The van der Waals surface area contributed by atoms with Crippen molar-refractivity contribution in [2.45, 2.75) is 38.9 Å². The maximum atomic E-state index is 5.90. The van der Waals surface area contributed by atoms with Gasteiger partial charge in [-0.1, -0.05) is 0 Å². The van der Waals surface area contributed by atoms with E-state index >= 15 is 0 Å². The molecule has 0 bridgehead atoms. The maximum absolute atomic E-state index is 5.90. The summed E-state index contributed by atoms with van der Waals surface area (Å²) >= 11 is 3.33. The number of nitrogens with two attached hydrogens (primary N) is 2. The maximum Gasteiger partial charge on any atom is 0.495 e. The number of aromatic nitrogens is 8. The third-order valence-electron chi connectivity index (χ3n) is 6.94. The van der Waals surface area contributed by atoms with Gasteiger partial charge in [0, 0.05) is 42.7 Å². The van der Waals surface area contributed by atoms with E-state index in [1.165, 1.54) is 0 Å². The van der Waals surface area contributed by atoms with E-state index in [4.69, 9.17) is 20.8 Å². The summed E-state index contributed by atoms with van der Waals surface area (Å²) in [4.78, 5) is 24.3. The van der Waals surface area contributed by atoms with E-state index in [0.717, 1.165) is 27.1 Å². The third kappa shape index (κ3) is 6.25. The number of imidazole rings is 2. The number of hydrogen-bond acceptors (Lipinski definition) is 10. The Kier molecular flexibility index (Phi) is 8.21. The van der Waals surface area contributed by atoms with Crippen molar-refractivity contribution in [3.63, 3.8) is 0 Å². The summed E-state index contributed by atoms with van der Waals surface area (Å²) in [5.41, 5.74) is 13.5. The minimum atomic E-state index is -0.365. The van der Waals surface area contributed by atoms with Gasteiger partial charge >= 0.3 is 7.12 Å². The van der Waals surface area contributed by atoms with Gasteiger partial charge in [-0.05, 0) is 85.5 Å². The highest BCUT2D eigenvalue weighted by atomic mass is 79.9. The fraction of sp³-hybridized carbons (Fsp3) is 0.214. The highest BCUT2D eigenvalue weighted by Gasteiger charge is 2.51. The standard InChI is InChI=1S/C11H17BN2O2.C11H9N5.C6H4BrN3/c1-10(2)11(3,4)16-12(15-10)8-5-6-14-9(13)7-8;12-10-6-8(2-4-13-10)9-7-15-11-14-3-1-5-16(9)11;7-5-4-9-6-8-2-1-3-10(5)6/h5-7H,1-4H3,(H2,13,14);1-7H,(H2,12,13);1-4H. The summed E-state index contributed by atoms with van der Waals surface area (Å²) < 4.78 is 16.5. The van der Waals surface area contributed by atoms with Gasteiger partial charge in [-0.3, -0.25) is 8.80 Å². The van der Waals surface area contributed by atoms with Gasteiger partial charge in [0.05, 0.1) is 29.3 Å². The van der Waals surface area contributed by atoms with Crippen molar-refractivity contribution in [3.8, 4) is 11.3 Å². The van der Waals surface area contributed by atoms with Crippen molar-refractivity contribution in [2.75, 3.05) is 11.5 Å². The zero-order valence-electron chi connectivity index (χ0n) is 23.6. The summed E-state index contributed by atoms with van der Waals surface area (Å²) in [6.45, 7) is 8.10. The minimum Gasteiger partial charge on any atom is -0.399 e. The molecule has 0 aromatic carbocycles. The van der Waals surface area contributed by atoms with Gasteiger partial charge in [-0.15, -0.1) is 0 Å². The molecule has 0 unspecified atom stereocenters. The second kappa shape index (κ2) is 11.8. The first kappa shape index (κ1) is 29.1. The quantitative estimate of drug-likeness (QED) is 0.270. The molecule has 7 rings (SSSR count). The van der Waals surface area contributed by atoms with Crippen LogP contribution in [0.1, 0.15) is 27.7 Å². The first-order valence-electron chi connectivity index (χ1n) is 13.0. The summed E-state index contributed by atoms with van der Waals surface area (Å²) in [6, 6.07) is 11.1. The first-order chi connectivity index (χ1) is 20.0. The SMILES string of the molecule is Brc1cnc2ncccn12.CC1(C)OB(c2ccnc(N)c2)OC1(C)C.Nc1cc(-c2cnc3ncccn23)ccn1. The lowest BCUT2D eigenvalue weighted by atomic mass is 9.80. The average molecular weight is 629 g/mol. The van der Waals surface area contributed by atoms with Crippen LogP contribution in [0.2, 0.25) is 0 Å². The predicted molar refractivity (Wildman–Crippen MR) is 166 cm³/mol. The fourth-order valence-electron chi connectivity index (χ4n) is 4.04. The molecular formula is C28H30BBrN10O2. The van der Waals surface area contributed by atoms with E-state index < -0.39 is 0 Å². The normalized spacial score (nSPS) is 15.1. The zero-order valence-corrected chi connectivity index (χ0v) is 25.2. The minimum absolute atomic E-state index is 0.324. The monoisotopic (exact) mass is 628 g/mol. The number of hydrogen-bond donors (Lipinski definition) is 2. The lowest BCUT2D eigenvalue weighted by Crippen LogP contribution is -2.41. The predicted octanol–water partition coefficient (Wildman–Crippen LogP) is 3.83. The van der Waals surface area contributed by atoms with Gasteiger partial charge in [-0.2, -0.15) is 0 Å². The zero-order chi connectivity index (χ0) is 29.9. The van der Waals surface area contributed by atoms with Crippen LogP contribution >= 0.6 is 15.9 Å². The second-order valence-electron chi connectivity index (χ2n) is 10.4. The van der Waals surface area contributed by atoms with Crippen LogP contribution in [-0.4, -0.2) is 57.0 Å². The number of rotatable bonds is 2. The Bertz CT molecular complexity index is 1810. The van der Waals surface area contributed by atoms with Crippen LogP contribution in [0, 0.1) is 0 Å². The summed E-state index contributed by atoms with van der Waals surface area (Å²) in [7, 11) is -0.365. The number of pyridine rings is 2. The Morgan fingerprint density at radius 2 is 1.29 bits per heavy atom. The van der Waals surface area contributed by atoms with E-state index in [0.29, 0.717) is 17.4 Å². The number of fused-ring (bicyclic) bond motifs is 2. The van der Waals surface area contributed by atoms with E-state index in [-0.39, 0.29) is 18.3 Å². The van der Waals surface area contributed by atoms with Crippen LogP contribution in [0.4, 0.5) is 11.6 Å². The molecule has 0 radical (unpaired) electrons. The highest BCUT2D eigenvalue weighted by molar-refractivity contribution is 9.10. The summed E-state index contributed by atoms with van der Waals surface area (Å²) in [5, 5.41) is 0. The van der Waals surface area contributed by atoms with E-state index in [9.17, 15) is 0 Å². The van der Waals surface area contributed by atoms with E-state index in [1.807, 2.05) is 79.2 Å². The molecule has 1 saturated heterocycles. The Labute approximate surface area is 251 Å².